The molecule has 0 saturated carbocycles. The third-order valence-corrected chi connectivity index (χ3v) is 3.74. The molecule has 0 heterocycles. The van der Waals surface area contributed by atoms with Gasteiger partial charge in [-0.3, -0.25) is 4.79 Å². The number of ether oxygens (including phenoxy) is 3. The molecule has 0 aliphatic heterocycles. The van der Waals surface area contributed by atoms with E-state index in [-0.39, 0.29) is 19.1 Å². The molecule has 2 aromatic rings. The van der Waals surface area contributed by atoms with E-state index in [4.69, 9.17) is 14.2 Å². The Hall–Kier alpha value is -2.73. The van der Waals surface area contributed by atoms with E-state index in [0.717, 1.165) is 5.56 Å². The van der Waals surface area contributed by atoms with Gasteiger partial charge in [0.15, 0.2) is 18.1 Å². The summed E-state index contributed by atoms with van der Waals surface area (Å²) in [5.74, 6) is 1.46. The molecule has 6 nitrogen and oxygen atoms in total. The minimum atomic E-state index is -0.859. The van der Waals surface area contributed by atoms with E-state index in [9.17, 15) is 9.90 Å². The molecule has 1 unspecified atom stereocenters. The number of benzene rings is 2. The third kappa shape index (κ3) is 5.12. The molecule has 134 valence electrons. The fourth-order valence-electron chi connectivity index (χ4n) is 2.30. The molecule has 0 aliphatic rings. The number of nitrogens with one attached hydrogen (secondary N) is 1. The van der Waals surface area contributed by atoms with Gasteiger partial charge in [-0.05, 0) is 36.2 Å². The first-order valence-electron chi connectivity index (χ1n) is 7.90. The van der Waals surface area contributed by atoms with Gasteiger partial charge in [-0.1, -0.05) is 24.3 Å². The van der Waals surface area contributed by atoms with Crippen LogP contribution in [-0.4, -0.2) is 38.4 Å². The predicted molar refractivity (Wildman–Crippen MR) is 94.2 cm³/mol. The van der Waals surface area contributed by atoms with Crippen LogP contribution in [0.4, 0.5) is 0 Å². The topological polar surface area (TPSA) is 77.0 Å². The van der Waals surface area contributed by atoms with Crippen LogP contribution in [0.15, 0.2) is 42.5 Å². The van der Waals surface area contributed by atoms with Gasteiger partial charge in [-0.2, -0.15) is 0 Å². The maximum absolute atomic E-state index is 11.9. The van der Waals surface area contributed by atoms with Crippen LogP contribution in [0.3, 0.4) is 0 Å². The summed E-state index contributed by atoms with van der Waals surface area (Å²) in [6, 6.07) is 12.6. The second kappa shape index (κ2) is 8.94. The summed E-state index contributed by atoms with van der Waals surface area (Å²) in [5, 5.41) is 12.9. The summed E-state index contributed by atoms with van der Waals surface area (Å²) in [6.07, 6.45) is -0.859. The van der Waals surface area contributed by atoms with Gasteiger partial charge < -0.3 is 24.6 Å². The van der Waals surface area contributed by atoms with Crippen LogP contribution in [0.2, 0.25) is 0 Å². The largest absolute Gasteiger partial charge is 0.493 e. The highest BCUT2D eigenvalue weighted by atomic mass is 16.5. The van der Waals surface area contributed by atoms with E-state index in [1.165, 1.54) is 7.11 Å². The van der Waals surface area contributed by atoms with Crippen molar-refractivity contribution in [2.24, 2.45) is 0 Å². The smallest absolute Gasteiger partial charge is 0.258 e. The molecule has 0 spiro atoms. The van der Waals surface area contributed by atoms with Crippen molar-refractivity contribution in [3.8, 4) is 17.2 Å². The molecule has 2 rings (SSSR count). The van der Waals surface area contributed by atoms with E-state index in [1.54, 1.807) is 31.4 Å². The number of hydrogen-bond acceptors (Lipinski definition) is 5. The first-order chi connectivity index (χ1) is 12.0. The monoisotopic (exact) mass is 345 g/mol. The minimum absolute atomic E-state index is 0.0748. The minimum Gasteiger partial charge on any atom is -0.493 e. The van der Waals surface area contributed by atoms with Crippen molar-refractivity contribution in [2.45, 2.75) is 13.0 Å². The molecule has 2 aromatic carbocycles. The summed E-state index contributed by atoms with van der Waals surface area (Å²) in [6.45, 7) is 1.88. The second-order valence-corrected chi connectivity index (χ2v) is 5.49. The number of para-hydroxylation sites is 1. The molecule has 6 heteroatoms. The average molecular weight is 345 g/mol. The highest BCUT2D eigenvalue weighted by Gasteiger charge is 2.13. The Kier molecular flexibility index (Phi) is 6.65. The lowest BCUT2D eigenvalue weighted by atomic mass is 10.1. The SMILES string of the molecule is COc1ccc(C(O)CNC(=O)COc2ccccc2C)cc1OC. The van der Waals surface area contributed by atoms with E-state index in [2.05, 4.69) is 5.32 Å². The average Bonchev–Trinajstić information content (AvgIpc) is 2.64. The number of methoxy groups -OCH3 is 2. The molecule has 25 heavy (non-hydrogen) atoms. The van der Waals surface area contributed by atoms with Gasteiger partial charge in [-0.15, -0.1) is 0 Å². The zero-order chi connectivity index (χ0) is 18.2. The number of rotatable bonds is 8. The highest BCUT2D eigenvalue weighted by molar-refractivity contribution is 5.77. The van der Waals surface area contributed by atoms with Crippen LogP contribution in [0, 0.1) is 6.92 Å². The Morgan fingerprint density at radius 1 is 1.08 bits per heavy atom. The lowest BCUT2D eigenvalue weighted by Crippen LogP contribution is -2.32. The lowest BCUT2D eigenvalue weighted by molar-refractivity contribution is -0.123. The van der Waals surface area contributed by atoms with Crippen molar-refractivity contribution in [2.75, 3.05) is 27.4 Å². The molecule has 0 saturated heterocycles. The van der Waals surface area contributed by atoms with Gasteiger partial charge in [0.1, 0.15) is 5.75 Å². The molecule has 0 aromatic heterocycles. The lowest BCUT2D eigenvalue weighted by Gasteiger charge is -2.15. The number of aliphatic hydroxyl groups excluding tert-OH is 1. The van der Waals surface area contributed by atoms with Gasteiger partial charge in [-0.25, -0.2) is 0 Å². The first kappa shape index (κ1) is 18.6. The summed E-state index contributed by atoms with van der Waals surface area (Å²) >= 11 is 0. The van der Waals surface area contributed by atoms with Gasteiger partial charge in [0.25, 0.3) is 5.91 Å². The summed E-state index contributed by atoms with van der Waals surface area (Å²) in [4.78, 5) is 11.9. The molecule has 0 fully saturated rings. The molecule has 0 bridgehead atoms. The van der Waals surface area contributed by atoms with Crippen LogP contribution >= 0.6 is 0 Å². The number of amides is 1. The van der Waals surface area contributed by atoms with E-state index < -0.39 is 6.10 Å². The van der Waals surface area contributed by atoms with Crippen LogP contribution in [0.25, 0.3) is 0 Å². The van der Waals surface area contributed by atoms with Crippen LogP contribution < -0.4 is 19.5 Å². The normalized spacial score (nSPS) is 11.5. The Morgan fingerprint density at radius 3 is 2.48 bits per heavy atom. The Morgan fingerprint density at radius 2 is 1.80 bits per heavy atom. The summed E-state index contributed by atoms with van der Waals surface area (Å²) < 4.78 is 15.8. The van der Waals surface area contributed by atoms with Gasteiger partial charge in [0.2, 0.25) is 0 Å². The van der Waals surface area contributed by atoms with Gasteiger partial charge >= 0.3 is 0 Å². The Balaban J connectivity index is 1.86. The molecule has 2 N–H and O–H groups in total. The Labute approximate surface area is 147 Å². The maximum Gasteiger partial charge on any atom is 0.258 e. The number of aliphatic hydroxyl groups is 1. The highest BCUT2D eigenvalue weighted by Crippen LogP contribution is 2.29. The van der Waals surface area contributed by atoms with Crippen molar-refractivity contribution in [3.63, 3.8) is 0 Å². The maximum atomic E-state index is 11.9. The standard InChI is InChI=1S/C19H23NO5/c1-13-6-4-5-7-16(13)25-12-19(22)20-11-15(21)14-8-9-17(23-2)18(10-14)24-3/h4-10,15,21H,11-12H2,1-3H3,(H,20,22). The van der Waals surface area contributed by atoms with Crippen LogP contribution in [0.5, 0.6) is 17.2 Å². The molecule has 1 amide bonds. The van der Waals surface area contributed by atoms with Crippen molar-refractivity contribution in [1.29, 1.82) is 0 Å². The molecule has 0 aliphatic carbocycles. The van der Waals surface area contributed by atoms with E-state index >= 15 is 0 Å². The predicted octanol–water partition coefficient (Wildman–Crippen LogP) is 2.24. The van der Waals surface area contributed by atoms with Crippen LogP contribution in [0.1, 0.15) is 17.2 Å². The molecular formula is C19H23NO5. The van der Waals surface area contributed by atoms with Crippen LogP contribution in [-0.2, 0) is 4.79 Å². The van der Waals surface area contributed by atoms with Crippen molar-refractivity contribution in [3.05, 3.63) is 53.6 Å². The fourth-order valence-corrected chi connectivity index (χ4v) is 2.30. The van der Waals surface area contributed by atoms with Crippen molar-refractivity contribution >= 4 is 5.91 Å². The van der Waals surface area contributed by atoms with E-state index in [0.29, 0.717) is 22.8 Å². The zero-order valence-electron chi connectivity index (χ0n) is 14.6. The number of carbonyl (C=O) groups is 1. The third-order valence-electron chi connectivity index (χ3n) is 3.74. The molecule has 0 radical (unpaired) electrons. The first-order valence-corrected chi connectivity index (χ1v) is 7.90. The van der Waals surface area contributed by atoms with Gasteiger partial charge in [0.05, 0.1) is 20.3 Å². The fraction of sp³-hybridized carbons (Fsp3) is 0.316. The zero-order valence-corrected chi connectivity index (χ0v) is 14.6. The number of hydrogen-bond donors (Lipinski definition) is 2. The quantitative estimate of drug-likeness (QED) is 0.767. The van der Waals surface area contributed by atoms with Crippen molar-refractivity contribution in [1.82, 2.24) is 5.32 Å². The summed E-state index contributed by atoms with van der Waals surface area (Å²) in [7, 11) is 3.07. The van der Waals surface area contributed by atoms with Gasteiger partial charge in [0, 0.05) is 6.54 Å². The van der Waals surface area contributed by atoms with E-state index in [1.807, 2.05) is 25.1 Å². The molecule has 1 atom stereocenters. The number of carbonyl (C=O) groups excluding carboxylic acids is 1. The van der Waals surface area contributed by atoms with Crippen molar-refractivity contribution < 1.29 is 24.1 Å². The second-order valence-electron chi connectivity index (χ2n) is 5.49. The Bertz CT molecular complexity index is 717. The molecular weight excluding hydrogens is 322 g/mol. The number of aryl methyl sites for hydroxylation is 1. The summed E-state index contributed by atoms with van der Waals surface area (Å²) in [5.41, 5.74) is 1.58.